The Morgan fingerprint density at radius 1 is 1.15 bits per heavy atom. The van der Waals surface area contributed by atoms with Crippen molar-refractivity contribution in [3.63, 3.8) is 0 Å². The summed E-state index contributed by atoms with van der Waals surface area (Å²) in [6.45, 7) is 6.90. The van der Waals surface area contributed by atoms with Crippen LogP contribution < -0.4 is 4.90 Å². The van der Waals surface area contributed by atoms with Crippen molar-refractivity contribution in [1.29, 1.82) is 5.26 Å². The molecule has 0 bridgehead atoms. The maximum Gasteiger partial charge on any atom is 0.159 e. The second kappa shape index (κ2) is 8.08. The van der Waals surface area contributed by atoms with E-state index in [1.165, 1.54) is 0 Å². The highest BCUT2D eigenvalue weighted by atomic mass is 16.5. The van der Waals surface area contributed by atoms with Crippen molar-refractivity contribution in [1.82, 2.24) is 24.6 Å². The first-order valence-electron chi connectivity index (χ1n) is 12.0. The molecule has 3 fully saturated rings. The largest absolute Gasteiger partial charge is 0.380 e. The first kappa shape index (κ1) is 20.6. The van der Waals surface area contributed by atoms with Crippen LogP contribution in [0.3, 0.4) is 0 Å². The predicted octanol–water partition coefficient (Wildman–Crippen LogP) is 3.06. The van der Waals surface area contributed by atoms with Gasteiger partial charge in [-0.15, -0.1) is 0 Å². The minimum Gasteiger partial charge on any atom is -0.380 e. The smallest absolute Gasteiger partial charge is 0.159 e. The van der Waals surface area contributed by atoms with Crippen LogP contribution in [0.1, 0.15) is 38.2 Å². The van der Waals surface area contributed by atoms with Crippen LogP contribution in [0.25, 0.3) is 16.7 Å². The van der Waals surface area contributed by atoms with Crippen LogP contribution >= 0.6 is 0 Å². The second-order valence-electron chi connectivity index (χ2n) is 9.66. The molecule has 0 amide bonds. The van der Waals surface area contributed by atoms with E-state index in [0.29, 0.717) is 12.1 Å². The van der Waals surface area contributed by atoms with Gasteiger partial charge in [0.1, 0.15) is 12.1 Å². The molecule has 2 aromatic heterocycles. The molecule has 170 valence electrons. The molecule has 0 radical (unpaired) electrons. The van der Waals surface area contributed by atoms with E-state index in [4.69, 9.17) is 4.74 Å². The zero-order valence-corrected chi connectivity index (χ0v) is 19.0. The molecule has 4 heterocycles. The fraction of sp³-hybridized carbons (Fsp3) is 0.520. The molecule has 8 heteroatoms. The van der Waals surface area contributed by atoms with Crippen LogP contribution in [0.5, 0.6) is 0 Å². The van der Waals surface area contributed by atoms with Crippen molar-refractivity contribution in [3.05, 3.63) is 42.4 Å². The summed E-state index contributed by atoms with van der Waals surface area (Å²) >= 11 is 0. The molecule has 1 saturated carbocycles. The molecule has 6 rings (SSSR count). The number of anilines is 1. The monoisotopic (exact) mass is 443 g/mol. The van der Waals surface area contributed by atoms with Gasteiger partial charge in [-0.25, -0.2) is 14.6 Å². The van der Waals surface area contributed by atoms with E-state index in [1.807, 2.05) is 16.9 Å². The lowest BCUT2D eigenvalue weighted by atomic mass is 9.65. The molecule has 3 aromatic rings. The fourth-order valence-corrected chi connectivity index (χ4v) is 5.63. The van der Waals surface area contributed by atoms with Gasteiger partial charge in [0.2, 0.25) is 0 Å². The van der Waals surface area contributed by atoms with Crippen molar-refractivity contribution in [2.24, 2.45) is 0 Å². The summed E-state index contributed by atoms with van der Waals surface area (Å²) in [6, 6.07) is 11.8. The van der Waals surface area contributed by atoms with Gasteiger partial charge in [-0.1, -0.05) is 12.1 Å². The van der Waals surface area contributed by atoms with Crippen molar-refractivity contribution in [2.75, 3.05) is 37.7 Å². The zero-order valence-electron chi connectivity index (χ0n) is 19.0. The molecule has 33 heavy (non-hydrogen) atoms. The molecule has 3 aliphatic rings. The summed E-state index contributed by atoms with van der Waals surface area (Å²) in [5.74, 6) is 1.69. The molecule has 1 unspecified atom stereocenters. The molecule has 0 spiro atoms. The Kier molecular flexibility index (Phi) is 5.04. The molecule has 2 aliphatic heterocycles. The lowest BCUT2D eigenvalue weighted by molar-refractivity contribution is 0.105. The molecule has 8 nitrogen and oxygen atoms in total. The van der Waals surface area contributed by atoms with Crippen molar-refractivity contribution >= 4 is 16.7 Å². The average Bonchev–Trinajstić information content (AvgIpc) is 3.49. The zero-order chi connectivity index (χ0) is 22.4. The fourth-order valence-electron chi connectivity index (χ4n) is 5.63. The first-order chi connectivity index (χ1) is 16.2. The Labute approximate surface area is 193 Å². The Hall–Kier alpha value is -3.02. The van der Waals surface area contributed by atoms with E-state index in [-0.39, 0.29) is 5.41 Å². The average molecular weight is 444 g/mol. The maximum absolute atomic E-state index is 9.78. The van der Waals surface area contributed by atoms with Crippen molar-refractivity contribution < 1.29 is 4.74 Å². The van der Waals surface area contributed by atoms with Gasteiger partial charge in [-0.3, -0.25) is 4.90 Å². The van der Waals surface area contributed by atoms with E-state index in [2.05, 4.69) is 56.1 Å². The summed E-state index contributed by atoms with van der Waals surface area (Å²) in [6.07, 6.45) is 7.59. The Balaban J connectivity index is 1.28. The highest BCUT2D eigenvalue weighted by Gasteiger charge is 2.39. The topological polar surface area (TPSA) is 83.1 Å². The van der Waals surface area contributed by atoms with Crippen LogP contribution in [0.15, 0.2) is 36.8 Å². The number of hydrogen-bond donors (Lipinski definition) is 0. The second-order valence-corrected chi connectivity index (χ2v) is 9.66. The van der Waals surface area contributed by atoms with Crippen LogP contribution in [0.4, 0.5) is 5.82 Å². The van der Waals surface area contributed by atoms with Gasteiger partial charge in [-0.2, -0.15) is 10.4 Å². The van der Waals surface area contributed by atoms with E-state index in [0.717, 1.165) is 86.6 Å². The number of benzene rings is 1. The molecule has 1 aliphatic carbocycles. The number of nitrogens with zero attached hydrogens (tertiary/aromatic N) is 7. The minimum absolute atomic E-state index is 0.347. The first-order valence-corrected chi connectivity index (χ1v) is 12.0. The summed E-state index contributed by atoms with van der Waals surface area (Å²) < 4.78 is 7.48. The lowest BCUT2D eigenvalue weighted by Crippen LogP contribution is -2.55. The van der Waals surface area contributed by atoms with Gasteiger partial charge < -0.3 is 9.64 Å². The molecule has 2 atom stereocenters. The summed E-state index contributed by atoms with van der Waals surface area (Å²) in [4.78, 5) is 14.1. The van der Waals surface area contributed by atoms with Gasteiger partial charge in [0.05, 0.1) is 29.8 Å². The quantitative estimate of drug-likeness (QED) is 0.613. The summed E-state index contributed by atoms with van der Waals surface area (Å²) in [7, 11) is 0. The number of rotatable bonds is 4. The van der Waals surface area contributed by atoms with Crippen LogP contribution in [0.2, 0.25) is 0 Å². The Morgan fingerprint density at radius 3 is 2.76 bits per heavy atom. The standard InChI is InChI=1S/C25H29N7O/c1-18-14-30(8-9-31(18)21-5-10-33-15-21)23-12-24(28-17-27-23)32-22-11-20(4-3-19(22)13-29-32)25(16-26)6-2-7-25/h3-4,11-13,17-18,21H,2,5-10,14-15H2,1H3/t18-,21?/m1/s1. The SMILES string of the molecule is C[C@@H]1CN(c2cc(-n3ncc4ccc(C5(C#N)CCC5)cc43)ncn2)CCN1C1CCOC1. The van der Waals surface area contributed by atoms with E-state index < -0.39 is 0 Å². The lowest BCUT2D eigenvalue weighted by Gasteiger charge is -2.43. The molecule has 2 saturated heterocycles. The van der Waals surface area contributed by atoms with Gasteiger partial charge in [0, 0.05) is 49.8 Å². The third-order valence-electron chi connectivity index (χ3n) is 7.78. The van der Waals surface area contributed by atoms with Gasteiger partial charge in [0.25, 0.3) is 0 Å². The highest BCUT2D eigenvalue weighted by Crippen LogP contribution is 2.43. The summed E-state index contributed by atoms with van der Waals surface area (Å²) in [5.41, 5.74) is 1.72. The minimum atomic E-state index is -0.347. The molecular weight excluding hydrogens is 414 g/mol. The molecule has 0 N–H and O–H groups in total. The Bertz CT molecular complexity index is 1200. The van der Waals surface area contributed by atoms with Crippen LogP contribution in [0, 0.1) is 11.3 Å². The number of ether oxygens (including phenoxy) is 1. The number of piperazine rings is 1. The summed E-state index contributed by atoms with van der Waals surface area (Å²) in [5, 5.41) is 15.5. The molecular formula is C25H29N7O. The van der Waals surface area contributed by atoms with E-state index >= 15 is 0 Å². The maximum atomic E-state index is 9.78. The van der Waals surface area contributed by atoms with Crippen molar-refractivity contribution in [2.45, 2.75) is 50.1 Å². The van der Waals surface area contributed by atoms with E-state index in [1.54, 1.807) is 6.33 Å². The van der Waals surface area contributed by atoms with Crippen LogP contribution in [-0.4, -0.2) is 69.6 Å². The number of hydrogen-bond acceptors (Lipinski definition) is 7. The number of fused-ring (bicyclic) bond motifs is 1. The Morgan fingerprint density at radius 2 is 2.03 bits per heavy atom. The van der Waals surface area contributed by atoms with Crippen molar-refractivity contribution in [3.8, 4) is 11.9 Å². The van der Waals surface area contributed by atoms with Crippen LogP contribution in [-0.2, 0) is 10.2 Å². The highest BCUT2D eigenvalue weighted by molar-refractivity contribution is 5.81. The van der Waals surface area contributed by atoms with Gasteiger partial charge >= 0.3 is 0 Å². The number of nitriles is 1. The van der Waals surface area contributed by atoms with Gasteiger partial charge in [-0.05, 0) is 44.2 Å². The molecule has 1 aromatic carbocycles. The number of aromatic nitrogens is 4. The third-order valence-corrected chi connectivity index (χ3v) is 7.78. The normalized spacial score (nSPS) is 25.2. The van der Waals surface area contributed by atoms with Gasteiger partial charge in [0.15, 0.2) is 5.82 Å². The predicted molar refractivity (Wildman–Crippen MR) is 125 cm³/mol. The third kappa shape index (κ3) is 3.47. The van der Waals surface area contributed by atoms with E-state index in [9.17, 15) is 5.26 Å².